The number of hydrogen-bond donors (Lipinski definition) is 3. The molecule has 150 valence electrons. The van der Waals surface area contributed by atoms with Crippen LogP contribution < -0.4 is 16.4 Å². The summed E-state index contributed by atoms with van der Waals surface area (Å²) in [4.78, 5) is 50.0. The molecule has 1 aromatic rings. The van der Waals surface area contributed by atoms with Crippen molar-refractivity contribution >= 4 is 29.3 Å². The summed E-state index contributed by atoms with van der Waals surface area (Å²) in [7, 11) is 0. The van der Waals surface area contributed by atoms with Crippen molar-refractivity contribution in [1.82, 2.24) is 10.2 Å². The number of hydrogen-bond acceptors (Lipinski definition) is 5. The van der Waals surface area contributed by atoms with E-state index in [-0.39, 0.29) is 36.7 Å². The van der Waals surface area contributed by atoms with Gasteiger partial charge in [0.1, 0.15) is 6.04 Å². The lowest BCUT2D eigenvalue weighted by Crippen LogP contribution is -2.52. The normalized spacial score (nSPS) is 20.0. The summed E-state index contributed by atoms with van der Waals surface area (Å²) in [5.74, 6) is -1.14. The molecule has 0 spiro atoms. The maximum absolute atomic E-state index is 12.8. The fourth-order valence-corrected chi connectivity index (χ4v) is 3.64. The summed E-state index contributed by atoms with van der Waals surface area (Å²) in [6.45, 7) is 2.25. The molecule has 1 aromatic carbocycles. The lowest BCUT2D eigenvalue weighted by Gasteiger charge is -2.29. The summed E-state index contributed by atoms with van der Waals surface area (Å²) >= 11 is 0. The number of carbonyl (C=O) groups excluding carboxylic acids is 4. The Hall–Kier alpha value is -2.74. The predicted molar refractivity (Wildman–Crippen MR) is 103 cm³/mol. The average molecular weight is 386 g/mol. The molecule has 0 saturated carbocycles. The first-order chi connectivity index (χ1) is 13.4. The van der Waals surface area contributed by atoms with Gasteiger partial charge in [0.2, 0.25) is 17.7 Å². The first-order valence-electron chi connectivity index (χ1n) is 9.72. The molecule has 0 aromatic heterocycles. The van der Waals surface area contributed by atoms with Crippen molar-refractivity contribution in [2.75, 3.05) is 5.32 Å². The molecular weight excluding hydrogens is 360 g/mol. The molecule has 4 N–H and O–H groups in total. The minimum absolute atomic E-state index is 0.105. The number of anilines is 1. The van der Waals surface area contributed by atoms with Crippen LogP contribution >= 0.6 is 0 Å². The second kappa shape index (κ2) is 8.52. The van der Waals surface area contributed by atoms with Crippen molar-refractivity contribution in [3.05, 3.63) is 29.3 Å². The molecule has 2 unspecified atom stereocenters. The Labute approximate surface area is 163 Å². The standard InChI is InChI=1S/C20H26N4O4/c1-2-12(21)5-3-8-17(25)22-15-7-4-6-13-14(15)11-24(20(13)28)16-9-10-18(26)23-19(16)27/h4,6-7,12,16H,2-3,5,8-11,21H2,1H3,(H,22,25)(H,23,26,27). The van der Waals surface area contributed by atoms with E-state index in [1.807, 2.05) is 6.92 Å². The molecule has 4 amide bonds. The van der Waals surface area contributed by atoms with Crippen LogP contribution in [0.15, 0.2) is 18.2 Å². The number of piperidine rings is 1. The SMILES string of the molecule is CCC(N)CCCC(=O)Nc1cccc2c1CN(C1CCC(=O)NC1=O)C2=O. The Bertz CT molecular complexity index is 807. The highest BCUT2D eigenvalue weighted by atomic mass is 16.2. The number of amides is 4. The Kier molecular flexibility index (Phi) is 6.08. The summed E-state index contributed by atoms with van der Waals surface area (Å²) in [5.41, 5.74) is 7.65. The van der Waals surface area contributed by atoms with Gasteiger partial charge in [0.25, 0.3) is 5.91 Å². The van der Waals surface area contributed by atoms with Crippen LogP contribution in [0.4, 0.5) is 5.69 Å². The maximum Gasteiger partial charge on any atom is 0.255 e. The van der Waals surface area contributed by atoms with Gasteiger partial charge in [-0.05, 0) is 37.8 Å². The van der Waals surface area contributed by atoms with Gasteiger partial charge < -0.3 is 16.0 Å². The third-order valence-corrected chi connectivity index (χ3v) is 5.36. The fraction of sp³-hybridized carbons (Fsp3) is 0.500. The lowest BCUT2D eigenvalue weighted by atomic mass is 10.0. The molecule has 8 heteroatoms. The van der Waals surface area contributed by atoms with E-state index in [0.717, 1.165) is 12.8 Å². The Morgan fingerprint density at radius 3 is 2.86 bits per heavy atom. The van der Waals surface area contributed by atoms with Crippen molar-refractivity contribution in [2.45, 2.75) is 64.1 Å². The summed E-state index contributed by atoms with van der Waals surface area (Å²) in [5, 5.41) is 5.17. The second-order valence-electron chi connectivity index (χ2n) is 7.34. The van der Waals surface area contributed by atoms with Gasteiger partial charge in [-0.25, -0.2) is 0 Å². The van der Waals surface area contributed by atoms with Gasteiger partial charge in [0.05, 0.1) is 0 Å². The molecule has 2 aliphatic heterocycles. The number of carbonyl (C=O) groups is 4. The number of nitrogens with zero attached hydrogens (tertiary/aromatic N) is 1. The van der Waals surface area contributed by atoms with Crippen LogP contribution in [0.1, 0.15) is 61.4 Å². The molecule has 1 saturated heterocycles. The van der Waals surface area contributed by atoms with Gasteiger partial charge in [0, 0.05) is 42.2 Å². The number of rotatable bonds is 7. The summed E-state index contributed by atoms with van der Waals surface area (Å²) < 4.78 is 0. The minimum atomic E-state index is -0.670. The van der Waals surface area contributed by atoms with E-state index in [9.17, 15) is 19.2 Å². The zero-order valence-electron chi connectivity index (χ0n) is 16.0. The molecule has 1 fully saturated rings. The molecule has 2 aliphatic rings. The van der Waals surface area contributed by atoms with Crippen molar-refractivity contribution in [3.63, 3.8) is 0 Å². The monoisotopic (exact) mass is 386 g/mol. The summed E-state index contributed by atoms with van der Waals surface area (Å²) in [6.07, 6.45) is 3.26. The number of nitrogens with one attached hydrogen (secondary N) is 2. The molecule has 0 radical (unpaired) electrons. The average Bonchev–Trinajstić information content (AvgIpc) is 2.99. The molecule has 2 atom stereocenters. The van der Waals surface area contributed by atoms with E-state index in [1.54, 1.807) is 18.2 Å². The highest BCUT2D eigenvalue weighted by Gasteiger charge is 2.39. The largest absolute Gasteiger partial charge is 0.328 e. The van der Waals surface area contributed by atoms with Gasteiger partial charge in [-0.15, -0.1) is 0 Å². The number of benzene rings is 1. The Morgan fingerprint density at radius 1 is 1.36 bits per heavy atom. The Morgan fingerprint density at radius 2 is 2.14 bits per heavy atom. The van der Waals surface area contributed by atoms with Crippen molar-refractivity contribution < 1.29 is 19.2 Å². The zero-order chi connectivity index (χ0) is 20.3. The number of nitrogens with two attached hydrogens (primary N) is 1. The predicted octanol–water partition coefficient (Wildman–Crippen LogP) is 1.29. The van der Waals surface area contributed by atoms with Gasteiger partial charge >= 0.3 is 0 Å². The van der Waals surface area contributed by atoms with E-state index in [1.165, 1.54) is 4.90 Å². The molecule has 28 heavy (non-hydrogen) atoms. The van der Waals surface area contributed by atoms with Crippen LogP contribution in [0.25, 0.3) is 0 Å². The minimum Gasteiger partial charge on any atom is -0.328 e. The third-order valence-electron chi connectivity index (χ3n) is 5.36. The van der Waals surface area contributed by atoms with E-state index < -0.39 is 11.9 Å². The highest BCUT2D eigenvalue weighted by Crippen LogP contribution is 2.32. The van der Waals surface area contributed by atoms with Gasteiger partial charge in [-0.2, -0.15) is 0 Å². The molecule has 2 heterocycles. The van der Waals surface area contributed by atoms with Crippen molar-refractivity contribution in [2.24, 2.45) is 5.73 Å². The smallest absolute Gasteiger partial charge is 0.255 e. The zero-order valence-corrected chi connectivity index (χ0v) is 16.0. The van der Waals surface area contributed by atoms with Crippen molar-refractivity contribution in [1.29, 1.82) is 0 Å². The van der Waals surface area contributed by atoms with Gasteiger partial charge in [-0.3, -0.25) is 24.5 Å². The molecule has 3 rings (SSSR count). The van der Waals surface area contributed by atoms with Crippen LogP contribution in [-0.2, 0) is 20.9 Å². The van der Waals surface area contributed by atoms with Crippen LogP contribution in [0.2, 0.25) is 0 Å². The van der Waals surface area contributed by atoms with E-state index in [4.69, 9.17) is 5.73 Å². The molecule has 0 aliphatic carbocycles. The van der Waals surface area contributed by atoms with Gasteiger partial charge in [0.15, 0.2) is 0 Å². The second-order valence-corrected chi connectivity index (χ2v) is 7.34. The fourth-order valence-electron chi connectivity index (χ4n) is 3.64. The maximum atomic E-state index is 12.8. The van der Waals surface area contributed by atoms with E-state index in [0.29, 0.717) is 36.1 Å². The van der Waals surface area contributed by atoms with Crippen LogP contribution in [0, 0.1) is 0 Å². The number of fused-ring (bicyclic) bond motifs is 1. The van der Waals surface area contributed by atoms with Crippen LogP contribution in [-0.4, -0.2) is 40.6 Å². The van der Waals surface area contributed by atoms with Gasteiger partial charge in [-0.1, -0.05) is 13.0 Å². The van der Waals surface area contributed by atoms with E-state index >= 15 is 0 Å². The third kappa shape index (κ3) is 4.22. The highest BCUT2D eigenvalue weighted by molar-refractivity contribution is 6.06. The molecule has 0 bridgehead atoms. The van der Waals surface area contributed by atoms with Crippen molar-refractivity contribution in [3.8, 4) is 0 Å². The first-order valence-corrected chi connectivity index (χ1v) is 9.72. The molecule has 8 nitrogen and oxygen atoms in total. The lowest BCUT2D eigenvalue weighted by molar-refractivity contribution is -0.137. The topological polar surface area (TPSA) is 122 Å². The van der Waals surface area contributed by atoms with E-state index in [2.05, 4.69) is 10.6 Å². The molecular formula is C20H26N4O4. The Balaban J connectivity index is 1.67. The summed E-state index contributed by atoms with van der Waals surface area (Å²) in [6, 6.07) is 4.60. The quantitative estimate of drug-likeness (QED) is 0.610. The van der Waals surface area contributed by atoms with Crippen LogP contribution in [0.5, 0.6) is 0 Å². The first kappa shape index (κ1) is 20.0. The van der Waals surface area contributed by atoms with Crippen LogP contribution in [0.3, 0.4) is 0 Å². The number of imide groups is 1.